The summed E-state index contributed by atoms with van der Waals surface area (Å²) in [5.74, 6) is -1.24. The molecule has 1 atom stereocenters. The molecular weight excluding hydrogens is 439 g/mol. The van der Waals surface area contributed by atoms with Crippen molar-refractivity contribution in [1.82, 2.24) is 10.6 Å². The fourth-order valence-electron chi connectivity index (χ4n) is 1.64. The van der Waals surface area contributed by atoms with Crippen LogP contribution in [-0.2, 0) is 30.7 Å². The molecule has 0 bridgehead atoms. The van der Waals surface area contributed by atoms with Gasteiger partial charge in [0.15, 0.2) is 5.91 Å². The molecule has 1 aliphatic rings. The zero-order chi connectivity index (χ0) is 13.1. The van der Waals surface area contributed by atoms with E-state index in [0.717, 1.165) is 0 Å². The monoisotopic (exact) mass is 449 g/mol. The van der Waals surface area contributed by atoms with E-state index in [2.05, 4.69) is 16.7 Å². The van der Waals surface area contributed by atoms with Gasteiger partial charge < -0.3 is 10.1 Å². The molecule has 1 aromatic rings. The quantitative estimate of drug-likeness (QED) is 0.515. The third-order valence-electron chi connectivity index (χ3n) is 2.55. The van der Waals surface area contributed by atoms with E-state index in [0.29, 0.717) is 11.4 Å². The minimum atomic E-state index is -0.692. The van der Waals surface area contributed by atoms with Crippen molar-refractivity contribution >= 4 is 29.3 Å². The first kappa shape index (κ1) is 15.9. The third kappa shape index (κ3) is 4.15. The van der Waals surface area contributed by atoms with Crippen LogP contribution in [0.15, 0.2) is 18.2 Å². The summed E-state index contributed by atoms with van der Waals surface area (Å²) >= 11 is 5.76. The van der Waals surface area contributed by atoms with Crippen LogP contribution in [0.3, 0.4) is 0 Å². The average molecular weight is 450 g/mol. The topological polar surface area (TPSA) is 75.3 Å². The van der Waals surface area contributed by atoms with Gasteiger partial charge in [0.05, 0.1) is 0 Å². The van der Waals surface area contributed by atoms with Crippen molar-refractivity contribution < 1.29 is 35.4 Å². The van der Waals surface area contributed by atoms with Gasteiger partial charge in [0.1, 0.15) is 6.04 Å². The SMILES string of the molecule is O=C1CCC(NC(=O)c2[c-]ccc(Cl)c2)C(=O)N1.[W]. The van der Waals surface area contributed by atoms with Crippen molar-refractivity contribution in [1.29, 1.82) is 0 Å². The smallest absolute Gasteiger partial charge is 0.248 e. The second-order valence-electron chi connectivity index (χ2n) is 3.90. The van der Waals surface area contributed by atoms with Gasteiger partial charge in [-0.25, -0.2) is 0 Å². The van der Waals surface area contributed by atoms with Gasteiger partial charge in [-0.2, -0.15) is 0 Å². The molecule has 0 radical (unpaired) electrons. The summed E-state index contributed by atoms with van der Waals surface area (Å²) < 4.78 is 0. The Morgan fingerprint density at radius 2 is 2.21 bits per heavy atom. The average Bonchev–Trinajstić information content (AvgIpc) is 2.32. The predicted molar refractivity (Wildman–Crippen MR) is 63.9 cm³/mol. The number of hydrogen-bond donors (Lipinski definition) is 2. The fourth-order valence-corrected chi connectivity index (χ4v) is 1.81. The minimum absolute atomic E-state index is 0. The van der Waals surface area contributed by atoms with Crippen molar-refractivity contribution in [2.45, 2.75) is 18.9 Å². The standard InChI is InChI=1S/C12H10ClN2O3.W/c13-8-3-1-2-7(6-8)11(17)14-9-4-5-10(16)15-12(9)18;/h1,3,6,9H,4-5H2,(H,14,17)(H,15,16,18);/q-1;. The fraction of sp³-hybridized carbons (Fsp3) is 0.250. The second-order valence-corrected chi connectivity index (χ2v) is 4.33. The Labute approximate surface area is 129 Å². The molecule has 100 valence electrons. The third-order valence-corrected chi connectivity index (χ3v) is 2.79. The largest absolute Gasteiger partial charge is 0.381 e. The van der Waals surface area contributed by atoms with Gasteiger partial charge in [0, 0.05) is 27.5 Å². The Hall–Kier alpha value is -1.19. The van der Waals surface area contributed by atoms with E-state index < -0.39 is 17.9 Å². The molecule has 1 heterocycles. The van der Waals surface area contributed by atoms with Gasteiger partial charge in [-0.3, -0.25) is 14.9 Å². The van der Waals surface area contributed by atoms with Crippen LogP contribution in [0, 0.1) is 6.07 Å². The number of amides is 3. The molecule has 3 amide bonds. The summed E-state index contributed by atoms with van der Waals surface area (Å²) in [6, 6.07) is 6.63. The van der Waals surface area contributed by atoms with Crippen molar-refractivity contribution in [2.75, 3.05) is 0 Å². The van der Waals surface area contributed by atoms with Crippen LogP contribution >= 0.6 is 11.6 Å². The second kappa shape index (κ2) is 6.82. The van der Waals surface area contributed by atoms with Crippen molar-refractivity contribution in [2.24, 2.45) is 0 Å². The molecule has 1 fully saturated rings. The first-order chi connectivity index (χ1) is 8.56. The van der Waals surface area contributed by atoms with Crippen LogP contribution in [0.1, 0.15) is 23.2 Å². The number of piperidine rings is 1. The number of imide groups is 1. The van der Waals surface area contributed by atoms with Crippen LogP contribution in [-0.4, -0.2) is 23.8 Å². The summed E-state index contributed by atoms with van der Waals surface area (Å²) in [5.41, 5.74) is 0.257. The molecule has 1 aromatic carbocycles. The van der Waals surface area contributed by atoms with E-state index in [1.165, 1.54) is 12.1 Å². The maximum absolute atomic E-state index is 11.8. The Morgan fingerprint density at radius 1 is 1.47 bits per heavy atom. The Morgan fingerprint density at radius 3 is 2.84 bits per heavy atom. The molecule has 0 aromatic heterocycles. The normalized spacial score (nSPS) is 18.3. The molecule has 5 nitrogen and oxygen atoms in total. The number of carbonyl (C=O) groups excluding carboxylic acids is 3. The molecule has 1 aliphatic heterocycles. The van der Waals surface area contributed by atoms with E-state index in [1.54, 1.807) is 6.07 Å². The van der Waals surface area contributed by atoms with Crippen LogP contribution in [0.25, 0.3) is 0 Å². The summed E-state index contributed by atoms with van der Waals surface area (Å²) in [5, 5.41) is 5.13. The number of carbonyl (C=O) groups is 3. The van der Waals surface area contributed by atoms with Crippen molar-refractivity contribution in [3.8, 4) is 0 Å². The predicted octanol–water partition coefficient (Wildman–Crippen LogP) is 0.673. The molecule has 2 N–H and O–H groups in total. The number of halogens is 1. The maximum Gasteiger partial charge on any atom is 0.248 e. The number of rotatable bonds is 2. The summed E-state index contributed by atoms with van der Waals surface area (Å²) in [6.45, 7) is 0. The van der Waals surface area contributed by atoms with Gasteiger partial charge in [-0.15, -0.1) is 35.9 Å². The van der Waals surface area contributed by atoms with Gasteiger partial charge in [-0.05, 0) is 11.4 Å². The molecule has 1 saturated heterocycles. The molecule has 1 unspecified atom stereocenters. The van der Waals surface area contributed by atoms with E-state index in [1.807, 2.05) is 0 Å². The molecule has 19 heavy (non-hydrogen) atoms. The Balaban J connectivity index is 0.00000180. The number of benzene rings is 1. The number of nitrogens with one attached hydrogen (secondary N) is 2. The van der Waals surface area contributed by atoms with Crippen LogP contribution < -0.4 is 10.6 Å². The summed E-state index contributed by atoms with van der Waals surface area (Å²) in [6.07, 6.45) is 0.521. The van der Waals surface area contributed by atoms with Crippen LogP contribution in [0.2, 0.25) is 5.02 Å². The van der Waals surface area contributed by atoms with Gasteiger partial charge in [0.2, 0.25) is 11.8 Å². The molecule has 2 rings (SSSR count). The van der Waals surface area contributed by atoms with E-state index >= 15 is 0 Å². The Bertz CT molecular complexity index is 521. The molecule has 0 aliphatic carbocycles. The zero-order valence-corrected chi connectivity index (χ0v) is 13.4. The minimum Gasteiger partial charge on any atom is -0.381 e. The molecule has 0 spiro atoms. The van der Waals surface area contributed by atoms with Crippen LogP contribution in [0.4, 0.5) is 0 Å². The zero-order valence-electron chi connectivity index (χ0n) is 9.73. The summed E-state index contributed by atoms with van der Waals surface area (Å²) in [4.78, 5) is 34.2. The molecule has 7 heteroatoms. The van der Waals surface area contributed by atoms with Crippen LogP contribution in [0.5, 0.6) is 0 Å². The Kier molecular flexibility index (Phi) is 5.70. The van der Waals surface area contributed by atoms with E-state index in [-0.39, 0.29) is 39.0 Å². The van der Waals surface area contributed by atoms with Gasteiger partial charge in [0.25, 0.3) is 0 Å². The van der Waals surface area contributed by atoms with Gasteiger partial charge >= 0.3 is 0 Å². The first-order valence-electron chi connectivity index (χ1n) is 5.38. The van der Waals surface area contributed by atoms with Gasteiger partial charge in [-0.1, -0.05) is 5.56 Å². The molecule has 0 saturated carbocycles. The first-order valence-corrected chi connectivity index (χ1v) is 5.76. The maximum atomic E-state index is 11.8. The molecular formula is C12H10ClN2O3W-. The summed E-state index contributed by atoms with van der Waals surface area (Å²) in [7, 11) is 0. The number of hydrogen-bond acceptors (Lipinski definition) is 3. The van der Waals surface area contributed by atoms with Crippen molar-refractivity contribution in [3.63, 3.8) is 0 Å². The van der Waals surface area contributed by atoms with E-state index in [9.17, 15) is 14.4 Å². The van der Waals surface area contributed by atoms with E-state index in [4.69, 9.17) is 11.6 Å². The van der Waals surface area contributed by atoms with Crippen molar-refractivity contribution in [3.05, 3.63) is 34.9 Å².